The number of hydrogen-bond acceptors (Lipinski definition) is 4. The van der Waals surface area contributed by atoms with Gasteiger partial charge in [-0.1, -0.05) is 38.1 Å². The molecule has 0 saturated carbocycles. The van der Waals surface area contributed by atoms with E-state index in [4.69, 9.17) is 5.73 Å². The summed E-state index contributed by atoms with van der Waals surface area (Å²) in [6.45, 7) is 4.65. The average molecular weight is 244 g/mol. The zero-order valence-electron chi connectivity index (χ0n) is 10.5. The van der Waals surface area contributed by atoms with Gasteiger partial charge in [-0.3, -0.25) is 9.59 Å². The maximum absolute atomic E-state index is 12.2. The Morgan fingerprint density at radius 3 is 2.22 bits per heavy atom. The first kappa shape index (κ1) is 12.4. The van der Waals surface area contributed by atoms with E-state index in [-0.39, 0.29) is 23.0 Å². The van der Waals surface area contributed by atoms with Gasteiger partial charge in [-0.05, 0) is 5.92 Å². The first-order chi connectivity index (χ1) is 8.52. The molecule has 0 fully saturated rings. The molecule has 3 N–H and O–H groups in total. The number of carbonyl (C=O) groups is 2. The molecular weight excluding hydrogens is 228 g/mol. The molecule has 1 aliphatic rings. The van der Waals surface area contributed by atoms with Crippen LogP contribution in [0.15, 0.2) is 35.7 Å². The van der Waals surface area contributed by atoms with Crippen molar-refractivity contribution < 1.29 is 9.59 Å². The Labute approximate surface area is 106 Å². The number of allylic oxidation sites excluding steroid dienone is 2. The van der Waals surface area contributed by atoms with Gasteiger partial charge in [-0.2, -0.15) is 0 Å². The number of fused-ring (bicyclic) bond motifs is 1. The van der Waals surface area contributed by atoms with Gasteiger partial charge in [0, 0.05) is 17.7 Å². The van der Waals surface area contributed by atoms with Crippen molar-refractivity contribution >= 4 is 11.6 Å². The van der Waals surface area contributed by atoms with E-state index in [9.17, 15) is 9.59 Å². The second kappa shape index (κ2) is 4.64. The van der Waals surface area contributed by atoms with E-state index in [2.05, 4.69) is 5.32 Å². The van der Waals surface area contributed by atoms with Crippen molar-refractivity contribution in [2.75, 3.05) is 6.54 Å². The SMILES string of the molecule is CC(C)CNC1=C(N)C(=O)c2ccccc2C1=O. The highest BCUT2D eigenvalue weighted by atomic mass is 16.1. The molecule has 0 atom stereocenters. The number of rotatable bonds is 3. The van der Waals surface area contributed by atoms with Crippen molar-refractivity contribution in [1.29, 1.82) is 0 Å². The molecule has 1 aliphatic carbocycles. The molecule has 0 heterocycles. The van der Waals surface area contributed by atoms with Crippen LogP contribution in [0.2, 0.25) is 0 Å². The molecule has 2 rings (SSSR count). The molecule has 0 spiro atoms. The average Bonchev–Trinajstić information content (AvgIpc) is 2.36. The van der Waals surface area contributed by atoms with Gasteiger partial charge in [0.15, 0.2) is 0 Å². The van der Waals surface area contributed by atoms with Crippen molar-refractivity contribution in [3.8, 4) is 0 Å². The summed E-state index contributed by atoms with van der Waals surface area (Å²) in [6, 6.07) is 6.75. The first-order valence-electron chi connectivity index (χ1n) is 5.94. The Bertz CT molecular complexity index is 544. The van der Waals surface area contributed by atoms with E-state index >= 15 is 0 Å². The number of ketones is 2. The molecule has 0 aliphatic heterocycles. The van der Waals surface area contributed by atoms with Gasteiger partial charge in [-0.15, -0.1) is 0 Å². The first-order valence-corrected chi connectivity index (χ1v) is 5.94. The molecule has 0 bridgehead atoms. The number of benzene rings is 1. The lowest BCUT2D eigenvalue weighted by molar-refractivity contribution is 0.0967. The Hall–Kier alpha value is -2.10. The fourth-order valence-electron chi connectivity index (χ4n) is 1.88. The van der Waals surface area contributed by atoms with Crippen LogP contribution in [0.3, 0.4) is 0 Å². The lowest BCUT2D eigenvalue weighted by Gasteiger charge is -2.20. The molecule has 0 saturated heterocycles. The number of hydrogen-bond donors (Lipinski definition) is 2. The minimum Gasteiger partial charge on any atom is -0.394 e. The maximum atomic E-state index is 12.2. The monoisotopic (exact) mass is 244 g/mol. The summed E-state index contributed by atoms with van der Waals surface area (Å²) in [7, 11) is 0. The van der Waals surface area contributed by atoms with Gasteiger partial charge in [-0.25, -0.2) is 0 Å². The Morgan fingerprint density at radius 2 is 1.67 bits per heavy atom. The van der Waals surface area contributed by atoms with Gasteiger partial charge < -0.3 is 11.1 Å². The molecular formula is C14H16N2O2. The molecule has 94 valence electrons. The van der Waals surface area contributed by atoms with Crippen molar-refractivity contribution in [2.24, 2.45) is 11.7 Å². The van der Waals surface area contributed by atoms with Crippen molar-refractivity contribution in [2.45, 2.75) is 13.8 Å². The van der Waals surface area contributed by atoms with Crippen molar-refractivity contribution in [1.82, 2.24) is 5.32 Å². The molecule has 0 unspecified atom stereocenters. The molecule has 1 aromatic rings. The molecule has 0 amide bonds. The fourth-order valence-corrected chi connectivity index (χ4v) is 1.88. The van der Waals surface area contributed by atoms with Gasteiger partial charge in [0.05, 0.1) is 0 Å². The highest BCUT2D eigenvalue weighted by Crippen LogP contribution is 2.22. The van der Waals surface area contributed by atoms with Crippen LogP contribution in [0.5, 0.6) is 0 Å². The number of carbonyl (C=O) groups excluding carboxylic acids is 2. The van der Waals surface area contributed by atoms with Gasteiger partial charge >= 0.3 is 0 Å². The summed E-state index contributed by atoms with van der Waals surface area (Å²) in [5.41, 5.74) is 6.81. The normalized spacial score (nSPS) is 15.1. The standard InChI is InChI=1S/C14H16N2O2/c1-8(2)7-16-12-11(15)13(17)9-5-3-4-6-10(9)14(12)18/h3-6,8,16H,7,15H2,1-2H3. The highest BCUT2D eigenvalue weighted by molar-refractivity contribution is 6.26. The summed E-state index contributed by atoms with van der Waals surface area (Å²) in [5, 5.41) is 2.98. The summed E-state index contributed by atoms with van der Waals surface area (Å²) in [6.07, 6.45) is 0. The van der Waals surface area contributed by atoms with Crippen LogP contribution >= 0.6 is 0 Å². The van der Waals surface area contributed by atoms with Gasteiger partial charge in [0.25, 0.3) is 0 Å². The van der Waals surface area contributed by atoms with E-state index in [1.807, 2.05) is 13.8 Å². The Balaban J connectivity index is 2.40. The van der Waals surface area contributed by atoms with Crippen molar-refractivity contribution in [3.05, 3.63) is 46.8 Å². The third-order valence-electron chi connectivity index (χ3n) is 2.84. The van der Waals surface area contributed by atoms with Gasteiger partial charge in [0.1, 0.15) is 11.4 Å². The van der Waals surface area contributed by atoms with Crippen molar-refractivity contribution in [3.63, 3.8) is 0 Å². The van der Waals surface area contributed by atoms with Crippen LogP contribution in [0.4, 0.5) is 0 Å². The van der Waals surface area contributed by atoms with Crippen LogP contribution in [-0.4, -0.2) is 18.1 Å². The third kappa shape index (κ3) is 2.01. The second-order valence-electron chi connectivity index (χ2n) is 4.77. The van der Waals surface area contributed by atoms with Crippen LogP contribution in [0.25, 0.3) is 0 Å². The number of nitrogens with two attached hydrogens (primary N) is 1. The zero-order chi connectivity index (χ0) is 13.3. The minimum atomic E-state index is -0.281. The maximum Gasteiger partial charge on any atom is 0.211 e. The van der Waals surface area contributed by atoms with E-state index in [0.717, 1.165) is 0 Å². The largest absolute Gasteiger partial charge is 0.394 e. The second-order valence-corrected chi connectivity index (χ2v) is 4.77. The van der Waals surface area contributed by atoms with E-state index in [1.54, 1.807) is 24.3 Å². The molecule has 18 heavy (non-hydrogen) atoms. The topological polar surface area (TPSA) is 72.2 Å². The molecule has 4 heteroatoms. The summed E-state index contributed by atoms with van der Waals surface area (Å²) >= 11 is 0. The molecule has 0 radical (unpaired) electrons. The van der Waals surface area contributed by atoms with E-state index in [0.29, 0.717) is 23.6 Å². The summed E-state index contributed by atoms with van der Waals surface area (Å²) in [5.74, 6) is -0.120. The van der Waals surface area contributed by atoms with Gasteiger partial charge in [0.2, 0.25) is 11.6 Å². The third-order valence-corrected chi connectivity index (χ3v) is 2.84. The smallest absolute Gasteiger partial charge is 0.211 e. The molecule has 1 aromatic carbocycles. The lowest BCUT2D eigenvalue weighted by Crippen LogP contribution is -2.35. The number of nitrogens with one attached hydrogen (secondary N) is 1. The zero-order valence-corrected chi connectivity index (χ0v) is 10.5. The minimum absolute atomic E-state index is 0.0133. The lowest BCUT2D eigenvalue weighted by atomic mass is 9.90. The predicted octanol–water partition coefficient (Wildman–Crippen LogP) is 1.48. The molecule has 4 nitrogen and oxygen atoms in total. The summed E-state index contributed by atoms with van der Waals surface area (Å²) in [4.78, 5) is 24.3. The van der Waals surface area contributed by atoms with Crippen LogP contribution < -0.4 is 11.1 Å². The predicted molar refractivity (Wildman–Crippen MR) is 69.2 cm³/mol. The van der Waals surface area contributed by atoms with E-state index in [1.165, 1.54) is 0 Å². The quantitative estimate of drug-likeness (QED) is 0.844. The number of Topliss-reactive ketones (excluding diaryl/α,β-unsaturated/α-hetero) is 2. The Morgan fingerprint density at radius 1 is 1.11 bits per heavy atom. The summed E-state index contributed by atoms with van der Waals surface area (Å²) < 4.78 is 0. The van der Waals surface area contributed by atoms with Crippen LogP contribution in [-0.2, 0) is 0 Å². The Kier molecular flexibility index (Phi) is 3.19. The van der Waals surface area contributed by atoms with E-state index < -0.39 is 0 Å². The fraction of sp³-hybridized carbons (Fsp3) is 0.286. The van der Waals surface area contributed by atoms with Crippen LogP contribution in [0.1, 0.15) is 34.6 Å². The highest BCUT2D eigenvalue weighted by Gasteiger charge is 2.30. The van der Waals surface area contributed by atoms with Crippen LogP contribution in [0, 0.1) is 5.92 Å². The molecule has 0 aromatic heterocycles.